The van der Waals surface area contributed by atoms with Gasteiger partial charge < -0.3 is 20.3 Å². The second kappa shape index (κ2) is 4.80. The molecule has 126 valence electrons. The molecule has 24 heavy (non-hydrogen) atoms. The zero-order chi connectivity index (χ0) is 17.2. The first kappa shape index (κ1) is 15.1. The first-order chi connectivity index (χ1) is 11.3. The Hall–Kier alpha value is -2.41. The summed E-state index contributed by atoms with van der Waals surface area (Å²) < 4.78 is 16.3. The van der Waals surface area contributed by atoms with E-state index in [2.05, 4.69) is 0 Å². The molecule has 6 nitrogen and oxygen atoms in total. The van der Waals surface area contributed by atoms with Gasteiger partial charge in [0.1, 0.15) is 11.4 Å². The van der Waals surface area contributed by atoms with Crippen LogP contribution in [0, 0.1) is 5.82 Å². The minimum absolute atomic E-state index is 0.110. The summed E-state index contributed by atoms with van der Waals surface area (Å²) in [6.07, 6.45) is 3.23. The van der Waals surface area contributed by atoms with Gasteiger partial charge >= 0.3 is 5.97 Å². The molecule has 0 bridgehead atoms. The highest BCUT2D eigenvalue weighted by molar-refractivity contribution is 5.93. The van der Waals surface area contributed by atoms with Gasteiger partial charge in [-0.05, 0) is 31.9 Å². The topological polar surface area (TPSA) is 88.6 Å². The van der Waals surface area contributed by atoms with Crippen LogP contribution in [0.25, 0.3) is 10.9 Å². The third kappa shape index (κ3) is 2.27. The van der Waals surface area contributed by atoms with Gasteiger partial charge in [-0.3, -0.25) is 4.79 Å². The van der Waals surface area contributed by atoms with Gasteiger partial charge in [-0.15, -0.1) is 0 Å². The van der Waals surface area contributed by atoms with Crippen molar-refractivity contribution in [3.63, 3.8) is 0 Å². The number of pyridine rings is 1. The van der Waals surface area contributed by atoms with E-state index >= 15 is 0 Å². The Morgan fingerprint density at radius 1 is 1.38 bits per heavy atom. The van der Waals surface area contributed by atoms with Crippen molar-refractivity contribution in [2.75, 3.05) is 18.0 Å². The zero-order valence-corrected chi connectivity index (χ0v) is 13.3. The number of halogens is 1. The number of aromatic nitrogens is 1. The third-order valence-corrected chi connectivity index (χ3v) is 4.72. The van der Waals surface area contributed by atoms with E-state index < -0.39 is 17.2 Å². The lowest BCUT2D eigenvalue weighted by atomic mass is 9.92. The monoisotopic (exact) mass is 331 g/mol. The molecule has 3 N–H and O–H groups in total. The van der Waals surface area contributed by atoms with E-state index in [1.807, 2.05) is 11.8 Å². The largest absolute Gasteiger partial charge is 0.477 e. The van der Waals surface area contributed by atoms with Crippen LogP contribution in [-0.2, 0) is 0 Å². The lowest BCUT2D eigenvalue weighted by Gasteiger charge is -2.47. The number of hydrogen-bond donors (Lipinski definition) is 2. The maximum atomic E-state index is 14.5. The minimum atomic E-state index is -1.29. The van der Waals surface area contributed by atoms with Crippen molar-refractivity contribution in [3.05, 3.63) is 39.9 Å². The van der Waals surface area contributed by atoms with E-state index in [0.29, 0.717) is 24.3 Å². The molecule has 0 spiro atoms. The van der Waals surface area contributed by atoms with Crippen molar-refractivity contribution in [3.8, 4) is 0 Å². The average molecular weight is 331 g/mol. The van der Waals surface area contributed by atoms with Crippen molar-refractivity contribution in [2.45, 2.75) is 31.3 Å². The van der Waals surface area contributed by atoms with Crippen LogP contribution in [-0.4, -0.2) is 34.3 Å². The molecule has 1 aliphatic heterocycles. The van der Waals surface area contributed by atoms with Crippen LogP contribution in [0.3, 0.4) is 0 Å². The predicted octanol–water partition coefficient (Wildman–Crippen LogP) is 1.71. The molecule has 4 rings (SSSR count). The number of carboxylic acids is 1. The zero-order valence-electron chi connectivity index (χ0n) is 13.3. The van der Waals surface area contributed by atoms with Gasteiger partial charge in [-0.1, -0.05) is 0 Å². The Morgan fingerprint density at radius 3 is 2.58 bits per heavy atom. The molecule has 0 radical (unpaired) electrons. The molecule has 1 saturated carbocycles. The fourth-order valence-corrected chi connectivity index (χ4v) is 3.40. The SMILES string of the molecule is CC1(N)CN(c2cc3c(cc2F)c(=O)c(C(=O)O)cn3C2CC2)C1. The molecule has 0 atom stereocenters. The highest BCUT2D eigenvalue weighted by Crippen LogP contribution is 2.38. The molecule has 2 heterocycles. The lowest BCUT2D eigenvalue weighted by Crippen LogP contribution is -2.65. The van der Waals surface area contributed by atoms with Crippen LogP contribution in [0.1, 0.15) is 36.2 Å². The molecule has 0 unspecified atom stereocenters. The first-order valence-electron chi connectivity index (χ1n) is 7.92. The quantitative estimate of drug-likeness (QED) is 0.894. The Morgan fingerprint density at radius 2 is 2.04 bits per heavy atom. The summed E-state index contributed by atoms with van der Waals surface area (Å²) in [6.45, 7) is 2.98. The Labute approximate surface area is 137 Å². The summed E-state index contributed by atoms with van der Waals surface area (Å²) in [5.74, 6) is -1.82. The maximum absolute atomic E-state index is 14.5. The van der Waals surface area contributed by atoms with E-state index in [0.717, 1.165) is 18.9 Å². The molecule has 2 aliphatic rings. The summed E-state index contributed by atoms with van der Waals surface area (Å²) in [5, 5.41) is 9.35. The van der Waals surface area contributed by atoms with Crippen LogP contribution in [0.5, 0.6) is 0 Å². The molecule has 2 fully saturated rings. The standard InChI is InChI=1S/C17H18FN3O3/c1-17(19)7-20(8-17)14-5-13-10(4-12(14)18)15(22)11(16(23)24)6-21(13)9-2-3-9/h4-6,9H,2-3,7-8,19H2,1H3,(H,23,24). The van der Waals surface area contributed by atoms with Crippen LogP contribution in [0.4, 0.5) is 10.1 Å². The van der Waals surface area contributed by atoms with Crippen LogP contribution in [0.2, 0.25) is 0 Å². The van der Waals surface area contributed by atoms with Gasteiger partial charge in [-0.25, -0.2) is 9.18 Å². The molecular formula is C17H18FN3O3. The molecule has 0 amide bonds. The molecule has 1 saturated heterocycles. The molecular weight excluding hydrogens is 313 g/mol. The number of nitrogens with two attached hydrogens (primary N) is 1. The van der Waals surface area contributed by atoms with Crippen molar-refractivity contribution in [1.29, 1.82) is 0 Å². The number of nitrogens with zero attached hydrogens (tertiary/aromatic N) is 2. The second-order valence-electron chi connectivity index (χ2n) is 7.15. The van der Waals surface area contributed by atoms with E-state index in [4.69, 9.17) is 5.73 Å². The Kier molecular flexibility index (Phi) is 3.02. The number of carbonyl (C=O) groups is 1. The normalized spacial score (nSPS) is 19.4. The van der Waals surface area contributed by atoms with Gasteiger partial charge in [-0.2, -0.15) is 0 Å². The van der Waals surface area contributed by atoms with E-state index in [1.54, 1.807) is 10.6 Å². The highest BCUT2D eigenvalue weighted by atomic mass is 19.1. The molecule has 7 heteroatoms. The summed E-state index contributed by atoms with van der Waals surface area (Å²) >= 11 is 0. The fraction of sp³-hybridized carbons (Fsp3) is 0.412. The van der Waals surface area contributed by atoms with Gasteiger partial charge in [0, 0.05) is 36.3 Å². The van der Waals surface area contributed by atoms with Crippen LogP contribution in [0.15, 0.2) is 23.1 Å². The second-order valence-corrected chi connectivity index (χ2v) is 7.15. The van der Waals surface area contributed by atoms with Crippen molar-refractivity contribution in [2.24, 2.45) is 5.73 Å². The van der Waals surface area contributed by atoms with E-state index in [-0.39, 0.29) is 22.5 Å². The number of carboxylic acid groups (broad SMARTS) is 1. The number of aromatic carboxylic acids is 1. The Bertz CT molecular complexity index is 923. The van der Waals surface area contributed by atoms with E-state index in [1.165, 1.54) is 6.20 Å². The molecule has 2 aromatic rings. The minimum Gasteiger partial charge on any atom is -0.477 e. The number of hydrogen-bond acceptors (Lipinski definition) is 4. The first-order valence-corrected chi connectivity index (χ1v) is 7.92. The van der Waals surface area contributed by atoms with Gasteiger partial charge in [0.15, 0.2) is 0 Å². The number of rotatable bonds is 3. The summed E-state index contributed by atoms with van der Waals surface area (Å²) in [5.41, 5.74) is 5.67. The van der Waals surface area contributed by atoms with Crippen LogP contribution < -0.4 is 16.1 Å². The van der Waals surface area contributed by atoms with E-state index in [9.17, 15) is 19.1 Å². The van der Waals surface area contributed by atoms with Crippen molar-refractivity contribution >= 4 is 22.6 Å². The molecule has 1 aromatic carbocycles. The predicted molar refractivity (Wildman–Crippen MR) is 88.2 cm³/mol. The molecule has 1 aliphatic carbocycles. The van der Waals surface area contributed by atoms with Crippen molar-refractivity contribution < 1.29 is 14.3 Å². The smallest absolute Gasteiger partial charge is 0.341 e. The number of benzene rings is 1. The summed E-state index contributed by atoms with van der Waals surface area (Å²) in [6, 6.07) is 2.97. The number of fused-ring (bicyclic) bond motifs is 1. The Balaban J connectivity index is 1.93. The summed E-state index contributed by atoms with van der Waals surface area (Å²) in [7, 11) is 0. The molecule has 1 aromatic heterocycles. The summed E-state index contributed by atoms with van der Waals surface area (Å²) in [4.78, 5) is 25.5. The number of anilines is 1. The fourth-order valence-electron chi connectivity index (χ4n) is 3.40. The van der Waals surface area contributed by atoms with Crippen molar-refractivity contribution in [1.82, 2.24) is 4.57 Å². The van der Waals surface area contributed by atoms with Gasteiger partial charge in [0.2, 0.25) is 5.43 Å². The highest BCUT2D eigenvalue weighted by Gasteiger charge is 2.36. The third-order valence-electron chi connectivity index (χ3n) is 4.72. The maximum Gasteiger partial charge on any atom is 0.341 e. The lowest BCUT2D eigenvalue weighted by molar-refractivity contribution is 0.0695. The van der Waals surface area contributed by atoms with Crippen LogP contribution >= 0.6 is 0 Å². The van der Waals surface area contributed by atoms with Gasteiger partial charge in [0.25, 0.3) is 0 Å². The average Bonchev–Trinajstić information content (AvgIpc) is 3.29. The van der Waals surface area contributed by atoms with Gasteiger partial charge in [0.05, 0.1) is 11.2 Å².